The van der Waals surface area contributed by atoms with Crippen LogP contribution in [-0.2, 0) is 14.3 Å². The van der Waals surface area contributed by atoms with Crippen molar-refractivity contribution in [3.8, 4) is 0 Å². The van der Waals surface area contributed by atoms with E-state index < -0.39 is 18.3 Å². The first-order valence-electron chi connectivity index (χ1n) is 12.7. The summed E-state index contributed by atoms with van der Waals surface area (Å²) in [6, 6.07) is 0. The number of allylic oxidation sites excluding steroid dienone is 1. The summed E-state index contributed by atoms with van der Waals surface area (Å²) in [6.07, 6.45) is 14.4. The fraction of sp³-hybridized carbons (Fsp3) is 0.704. The van der Waals surface area contributed by atoms with Crippen LogP contribution in [-0.4, -0.2) is 46.9 Å². The van der Waals surface area contributed by atoms with E-state index >= 15 is 0 Å². The smallest absolute Gasteiger partial charge is 0.306 e. The molecule has 0 radical (unpaired) electrons. The maximum atomic E-state index is 12.4. The van der Waals surface area contributed by atoms with Gasteiger partial charge in [-0.25, -0.2) is 0 Å². The summed E-state index contributed by atoms with van der Waals surface area (Å²) in [5.74, 6) is 0.267. The summed E-state index contributed by atoms with van der Waals surface area (Å²) in [5, 5.41) is 24.0. The molecule has 33 heavy (non-hydrogen) atoms. The highest BCUT2D eigenvalue weighted by Gasteiger charge is 2.21. The quantitative estimate of drug-likeness (QED) is 0.429. The number of carbonyl (C=O) groups is 2. The highest BCUT2D eigenvalue weighted by molar-refractivity contribution is 5.76. The summed E-state index contributed by atoms with van der Waals surface area (Å²) in [4.78, 5) is 24.5. The monoisotopic (exact) mass is 461 g/mol. The van der Waals surface area contributed by atoms with Crippen molar-refractivity contribution in [3.63, 3.8) is 0 Å². The van der Waals surface area contributed by atoms with E-state index in [2.05, 4.69) is 18.0 Å². The van der Waals surface area contributed by atoms with Gasteiger partial charge in [-0.3, -0.25) is 9.59 Å². The molecule has 186 valence electrons. The molecule has 0 aromatic heterocycles. The lowest BCUT2D eigenvalue weighted by atomic mass is 9.88. The Bertz CT molecular complexity index is 680. The molecule has 0 spiro atoms. The zero-order chi connectivity index (χ0) is 24.1. The number of aliphatic hydroxyl groups is 2. The Kier molecular flexibility index (Phi) is 12.5. The van der Waals surface area contributed by atoms with Gasteiger partial charge in [0.05, 0.1) is 6.10 Å². The Morgan fingerprint density at radius 3 is 2.64 bits per heavy atom. The van der Waals surface area contributed by atoms with Crippen molar-refractivity contribution < 1.29 is 24.5 Å². The largest absolute Gasteiger partial charge is 0.459 e. The Balaban J connectivity index is 2.02. The third kappa shape index (κ3) is 11.7. The van der Waals surface area contributed by atoms with E-state index in [0.29, 0.717) is 51.0 Å². The van der Waals surface area contributed by atoms with Crippen molar-refractivity contribution in [1.82, 2.24) is 5.32 Å². The van der Waals surface area contributed by atoms with Crippen LogP contribution in [0.4, 0.5) is 0 Å². The molecule has 4 atom stereocenters. The molecule has 0 bridgehead atoms. The number of rotatable bonds is 3. The Labute approximate surface area is 199 Å². The number of ether oxygens (including phenoxy) is 1. The van der Waals surface area contributed by atoms with Crippen LogP contribution in [0.5, 0.6) is 0 Å². The average Bonchev–Trinajstić information content (AvgIpc) is 2.76. The van der Waals surface area contributed by atoms with Crippen LogP contribution in [0.25, 0.3) is 0 Å². The van der Waals surface area contributed by atoms with E-state index in [1.54, 1.807) is 18.2 Å². The second kappa shape index (κ2) is 15.1. The Morgan fingerprint density at radius 1 is 1.12 bits per heavy atom. The third-order valence-corrected chi connectivity index (χ3v) is 6.42. The van der Waals surface area contributed by atoms with Crippen LogP contribution in [0.2, 0.25) is 0 Å². The van der Waals surface area contributed by atoms with Crippen molar-refractivity contribution in [2.24, 2.45) is 11.8 Å². The van der Waals surface area contributed by atoms with E-state index in [0.717, 1.165) is 18.4 Å². The molecule has 1 amide bonds. The SMILES string of the molecule is C=C1CC(O)/C=C/C[C@@H](C(O)/C=C/C2CCCCC2)OC(=O)CCCCNC(=O)CC(C)C1. The molecule has 3 unspecified atom stereocenters. The number of hydrogen-bond donors (Lipinski definition) is 3. The van der Waals surface area contributed by atoms with Gasteiger partial charge in [-0.15, -0.1) is 0 Å². The predicted molar refractivity (Wildman–Crippen MR) is 130 cm³/mol. The molecule has 3 N–H and O–H groups in total. The van der Waals surface area contributed by atoms with Gasteiger partial charge in [-0.05, 0) is 50.4 Å². The summed E-state index contributed by atoms with van der Waals surface area (Å²) < 4.78 is 5.61. The molecule has 6 nitrogen and oxygen atoms in total. The summed E-state index contributed by atoms with van der Waals surface area (Å²) >= 11 is 0. The molecule has 1 saturated carbocycles. The highest BCUT2D eigenvalue weighted by atomic mass is 16.6. The number of amides is 1. The molecule has 1 aliphatic carbocycles. The molecule has 0 aromatic carbocycles. The van der Waals surface area contributed by atoms with Gasteiger partial charge in [-0.2, -0.15) is 0 Å². The minimum absolute atomic E-state index is 0.00706. The van der Waals surface area contributed by atoms with Crippen LogP contribution in [0.3, 0.4) is 0 Å². The molecule has 0 saturated heterocycles. The summed E-state index contributed by atoms with van der Waals surface area (Å²) in [7, 11) is 0. The average molecular weight is 462 g/mol. The van der Waals surface area contributed by atoms with Gasteiger partial charge >= 0.3 is 5.97 Å². The molecule has 1 fully saturated rings. The molecular weight excluding hydrogens is 418 g/mol. The van der Waals surface area contributed by atoms with Gasteiger partial charge in [0.1, 0.15) is 12.2 Å². The first kappa shape index (κ1) is 27.3. The molecule has 2 aliphatic rings. The van der Waals surface area contributed by atoms with E-state index in [1.807, 2.05) is 6.92 Å². The van der Waals surface area contributed by atoms with Gasteiger partial charge < -0.3 is 20.3 Å². The first-order valence-corrected chi connectivity index (χ1v) is 12.7. The Hall–Kier alpha value is -1.92. The first-order chi connectivity index (χ1) is 15.8. The van der Waals surface area contributed by atoms with E-state index in [4.69, 9.17) is 4.74 Å². The third-order valence-electron chi connectivity index (χ3n) is 6.42. The van der Waals surface area contributed by atoms with Crippen LogP contribution in [0, 0.1) is 11.8 Å². The predicted octanol–water partition coefficient (Wildman–Crippen LogP) is 4.37. The van der Waals surface area contributed by atoms with Crippen LogP contribution < -0.4 is 5.32 Å². The van der Waals surface area contributed by atoms with Crippen molar-refractivity contribution >= 4 is 11.9 Å². The Morgan fingerprint density at radius 2 is 1.88 bits per heavy atom. The number of nitrogens with one attached hydrogen (secondary N) is 1. The summed E-state index contributed by atoms with van der Waals surface area (Å²) in [5.41, 5.74) is 0.895. The van der Waals surface area contributed by atoms with E-state index in [-0.39, 0.29) is 24.2 Å². The number of hydrogen-bond acceptors (Lipinski definition) is 5. The number of carbonyl (C=O) groups excluding carboxylic acids is 2. The van der Waals surface area contributed by atoms with Gasteiger partial charge in [0, 0.05) is 25.8 Å². The normalized spacial score (nSPS) is 30.2. The van der Waals surface area contributed by atoms with E-state index in [1.165, 1.54) is 19.3 Å². The van der Waals surface area contributed by atoms with Crippen molar-refractivity contribution in [2.45, 2.75) is 102 Å². The fourth-order valence-corrected chi connectivity index (χ4v) is 4.60. The fourth-order valence-electron chi connectivity index (χ4n) is 4.60. The number of esters is 1. The second-order valence-corrected chi connectivity index (χ2v) is 9.81. The van der Waals surface area contributed by atoms with E-state index in [9.17, 15) is 19.8 Å². The summed E-state index contributed by atoms with van der Waals surface area (Å²) in [6.45, 7) is 6.58. The molecule has 1 aliphatic heterocycles. The van der Waals surface area contributed by atoms with Crippen LogP contribution in [0.1, 0.15) is 84.0 Å². The van der Waals surface area contributed by atoms with Crippen LogP contribution >= 0.6 is 0 Å². The van der Waals surface area contributed by atoms with Crippen molar-refractivity contribution in [1.29, 1.82) is 0 Å². The molecule has 1 heterocycles. The zero-order valence-electron chi connectivity index (χ0n) is 20.2. The lowest BCUT2D eigenvalue weighted by molar-refractivity contribution is -0.153. The maximum absolute atomic E-state index is 12.4. The number of aliphatic hydroxyl groups excluding tert-OH is 2. The van der Waals surface area contributed by atoms with Crippen molar-refractivity contribution in [2.75, 3.05) is 6.54 Å². The second-order valence-electron chi connectivity index (χ2n) is 9.81. The standard InChI is InChI=1S/C27H43NO5/c1-20-17-21(2)19-26(31)28-16-7-6-13-27(32)33-25(12-8-11-23(29)18-20)24(30)15-14-22-9-4-3-5-10-22/h8,11,14-15,21-25,29-30H,1,3-7,9-10,12-13,16-19H2,2H3,(H,28,31)/b11-8+,15-14+/t21?,23?,24?,25-/m0/s1. The lowest BCUT2D eigenvalue weighted by Gasteiger charge is -2.22. The van der Waals surface area contributed by atoms with Gasteiger partial charge in [0.25, 0.3) is 0 Å². The van der Waals surface area contributed by atoms with Crippen LogP contribution in [0.15, 0.2) is 36.5 Å². The zero-order valence-corrected chi connectivity index (χ0v) is 20.2. The lowest BCUT2D eigenvalue weighted by Crippen LogP contribution is -2.30. The maximum Gasteiger partial charge on any atom is 0.306 e. The molecule has 6 heteroatoms. The molecule has 2 rings (SSSR count). The highest BCUT2D eigenvalue weighted by Crippen LogP contribution is 2.25. The molecular formula is C27H43NO5. The topological polar surface area (TPSA) is 95.9 Å². The van der Waals surface area contributed by atoms with Gasteiger partial charge in [0.15, 0.2) is 0 Å². The minimum atomic E-state index is -0.890. The van der Waals surface area contributed by atoms with Crippen molar-refractivity contribution in [3.05, 3.63) is 36.5 Å². The number of cyclic esters (lactones) is 1. The van der Waals surface area contributed by atoms with Gasteiger partial charge in [-0.1, -0.05) is 62.6 Å². The van der Waals surface area contributed by atoms with Gasteiger partial charge in [0.2, 0.25) is 5.91 Å². The molecule has 0 aromatic rings. The minimum Gasteiger partial charge on any atom is -0.459 e.